The molecule has 4 heteroatoms. The molecule has 0 spiro atoms. The van der Waals surface area contributed by atoms with E-state index in [1.165, 1.54) is 6.08 Å². The highest BCUT2D eigenvalue weighted by atomic mass is 32.1. The van der Waals surface area contributed by atoms with Crippen LogP contribution in [0.4, 0.5) is 0 Å². The highest BCUT2D eigenvalue weighted by molar-refractivity contribution is 7.78. The molecule has 0 aliphatic carbocycles. The Morgan fingerprint density at radius 2 is 2.38 bits per heavy atom. The van der Waals surface area contributed by atoms with Crippen LogP contribution < -0.4 is 10.5 Å². The van der Waals surface area contributed by atoms with Crippen molar-refractivity contribution < 1.29 is 4.79 Å². The summed E-state index contributed by atoms with van der Waals surface area (Å²) in [5.41, 5.74) is 5.60. The first-order valence-electron chi connectivity index (χ1n) is 2.04. The first-order valence-corrected chi connectivity index (χ1v) is 2.49. The van der Waals surface area contributed by atoms with Gasteiger partial charge in [0.15, 0.2) is 0 Å². The van der Waals surface area contributed by atoms with Crippen LogP contribution >= 0.6 is 12.8 Å². The number of amides is 1. The number of carbonyl (C=O) groups is 1. The number of nitrogens with one attached hydrogen (secondary N) is 1. The number of hydrogen-bond donors (Lipinski definition) is 3. The van der Waals surface area contributed by atoms with Crippen LogP contribution in [0.15, 0.2) is 11.8 Å². The maximum Gasteiger partial charge on any atom is 0.255 e. The largest absolute Gasteiger partial charge is 0.402 e. The van der Waals surface area contributed by atoms with E-state index in [2.05, 4.69) is 17.5 Å². The van der Waals surface area contributed by atoms with Gasteiger partial charge in [-0.15, -0.1) is 0 Å². The van der Waals surface area contributed by atoms with Crippen molar-refractivity contribution in [2.75, 3.05) is 0 Å². The third-order valence-corrected chi connectivity index (χ3v) is 0.689. The Hall–Kier alpha value is -0.640. The molecular weight excluding hydrogens is 124 g/mol. The molecule has 0 aliphatic rings. The van der Waals surface area contributed by atoms with Crippen LogP contribution in [0, 0.1) is 0 Å². The molecule has 0 aromatic carbocycles. The summed E-state index contributed by atoms with van der Waals surface area (Å²) >= 11 is 3.49. The van der Waals surface area contributed by atoms with Gasteiger partial charge in [-0.05, 0) is 6.92 Å². The molecule has 0 unspecified atom stereocenters. The van der Waals surface area contributed by atoms with Crippen molar-refractivity contribution >= 4 is 18.7 Å². The van der Waals surface area contributed by atoms with Crippen molar-refractivity contribution in [3.8, 4) is 0 Å². The fraction of sp³-hybridized carbons (Fsp3) is 0.250. The predicted octanol–water partition coefficient (Wildman–Crippen LogP) is -0.190. The lowest BCUT2D eigenvalue weighted by Gasteiger charge is -1.88. The van der Waals surface area contributed by atoms with E-state index in [0.717, 1.165) is 0 Å². The zero-order valence-corrected chi connectivity index (χ0v) is 5.40. The van der Waals surface area contributed by atoms with Gasteiger partial charge in [-0.3, -0.25) is 9.52 Å². The minimum atomic E-state index is -0.298. The molecule has 8 heavy (non-hydrogen) atoms. The molecule has 0 heterocycles. The van der Waals surface area contributed by atoms with Crippen LogP contribution in [-0.2, 0) is 4.79 Å². The summed E-state index contributed by atoms with van der Waals surface area (Å²) in [6.07, 6.45) is 1.26. The molecular formula is C4H8N2OS. The molecule has 1 amide bonds. The molecule has 0 fully saturated rings. The van der Waals surface area contributed by atoms with Gasteiger partial charge in [0.2, 0.25) is 0 Å². The number of carbonyl (C=O) groups excluding carboxylic acids is 1. The van der Waals surface area contributed by atoms with Gasteiger partial charge in [-0.1, -0.05) is 12.8 Å². The van der Waals surface area contributed by atoms with E-state index in [0.29, 0.717) is 5.70 Å². The average Bonchev–Trinajstić information content (AvgIpc) is 1.65. The molecule has 0 atom stereocenters. The second-order valence-electron chi connectivity index (χ2n) is 1.36. The first kappa shape index (κ1) is 7.36. The third-order valence-electron chi connectivity index (χ3n) is 0.469. The summed E-state index contributed by atoms with van der Waals surface area (Å²) < 4.78 is 2.10. The molecule has 0 saturated carbocycles. The Bertz CT molecular complexity index is 117. The van der Waals surface area contributed by atoms with Gasteiger partial charge >= 0.3 is 0 Å². The Labute approximate surface area is 53.5 Å². The van der Waals surface area contributed by atoms with Gasteiger partial charge in [0.1, 0.15) is 0 Å². The van der Waals surface area contributed by atoms with Gasteiger partial charge < -0.3 is 5.73 Å². The van der Waals surface area contributed by atoms with Gasteiger partial charge in [0.05, 0.1) is 0 Å². The van der Waals surface area contributed by atoms with E-state index < -0.39 is 0 Å². The van der Waals surface area contributed by atoms with E-state index in [1.807, 2.05) is 0 Å². The Kier molecular flexibility index (Phi) is 3.10. The standard InChI is InChI=1S/C4H8N2OS/c1-3(5)2-4(7)6-8/h2,8H,5H2,1H3,(H,6,7)/b3-2+. The Morgan fingerprint density at radius 3 is 2.50 bits per heavy atom. The quantitative estimate of drug-likeness (QED) is 0.342. The zero-order chi connectivity index (χ0) is 6.57. The van der Waals surface area contributed by atoms with Crippen LogP contribution in [0.1, 0.15) is 6.92 Å². The number of thiol groups is 1. The Balaban J connectivity index is 3.70. The minimum Gasteiger partial charge on any atom is -0.402 e. The third kappa shape index (κ3) is 3.55. The lowest BCUT2D eigenvalue weighted by molar-refractivity contribution is -0.114. The van der Waals surface area contributed by atoms with Crippen LogP contribution in [0.5, 0.6) is 0 Å². The molecule has 46 valence electrons. The maximum absolute atomic E-state index is 10.3. The summed E-state index contributed by atoms with van der Waals surface area (Å²) in [7, 11) is 0. The molecule has 0 rings (SSSR count). The van der Waals surface area contributed by atoms with Gasteiger partial charge in [-0.2, -0.15) is 0 Å². The molecule has 3 nitrogen and oxygen atoms in total. The lowest BCUT2D eigenvalue weighted by Crippen LogP contribution is -2.10. The Morgan fingerprint density at radius 1 is 1.88 bits per heavy atom. The van der Waals surface area contributed by atoms with Crippen LogP contribution in [0.2, 0.25) is 0 Å². The highest BCUT2D eigenvalue weighted by Crippen LogP contribution is 1.78. The van der Waals surface area contributed by atoms with Crippen LogP contribution in [0.25, 0.3) is 0 Å². The van der Waals surface area contributed by atoms with Crippen molar-refractivity contribution in [2.24, 2.45) is 5.73 Å². The van der Waals surface area contributed by atoms with Crippen molar-refractivity contribution in [3.05, 3.63) is 11.8 Å². The maximum atomic E-state index is 10.3. The van der Waals surface area contributed by atoms with E-state index >= 15 is 0 Å². The topological polar surface area (TPSA) is 55.1 Å². The minimum absolute atomic E-state index is 0.298. The van der Waals surface area contributed by atoms with Gasteiger partial charge in [0, 0.05) is 11.8 Å². The molecule has 0 aliphatic heterocycles. The zero-order valence-electron chi connectivity index (χ0n) is 4.51. The fourth-order valence-electron chi connectivity index (χ4n) is 0.239. The average molecular weight is 132 g/mol. The van der Waals surface area contributed by atoms with E-state index in [1.54, 1.807) is 6.92 Å². The first-order chi connectivity index (χ1) is 3.66. The SMILES string of the molecule is C/C(N)=C\C(=O)NS. The number of allylic oxidation sites excluding steroid dienone is 1. The fourth-order valence-corrected chi connectivity index (χ4v) is 0.304. The predicted molar refractivity (Wildman–Crippen MR) is 35.1 cm³/mol. The lowest BCUT2D eigenvalue weighted by atomic mass is 10.4. The van der Waals surface area contributed by atoms with E-state index in [-0.39, 0.29) is 5.91 Å². The van der Waals surface area contributed by atoms with Crippen molar-refractivity contribution in [1.82, 2.24) is 4.72 Å². The second kappa shape index (κ2) is 3.37. The van der Waals surface area contributed by atoms with Crippen LogP contribution in [-0.4, -0.2) is 5.91 Å². The number of nitrogens with two attached hydrogens (primary N) is 1. The van der Waals surface area contributed by atoms with E-state index in [9.17, 15) is 4.79 Å². The van der Waals surface area contributed by atoms with Crippen molar-refractivity contribution in [2.45, 2.75) is 6.92 Å². The molecule has 0 bridgehead atoms. The highest BCUT2D eigenvalue weighted by Gasteiger charge is 1.87. The number of hydrogen-bond acceptors (Lipinski definition) is 3. The van der Waals surface area contributed by atoms with Crippen molar-refractivity contribution in [3.63, 3.8) is 0 Å². The van der Waals surface area contributed by atoms with Crippen LogP contribution in [0.3, 0.4) is 0 Å². The second-order valence-corrected chi connectivity index (χ2v) is 1.59. The summed E-state index contributed by atoms with van der Waals surface area (Å²) in [5, 5.41) is 0. The normalized spacial score (nSPS) is 11.0. The van der Waals surface area contributed by atoms with Crippen molar-refractivity contribution in [1.29, 1.82) is 0 Å². The smallest absolute Gasteiger partial charge is 0.255 e. The molecule has 3 N–H and O–H groups in total. The summed E-state index contributed by atoms with van der Waals surface area (Å²) in [6, 6.07) is 0. The summed E-state index contributed by atoms with van der Waals surface area (Å²) in [4.78, 5) is 10.3. The molecule has 0 aromatic heterocycles. The summed E-state index contributed by atoms with van der Waals surface area (Å²) in [6.45, 7) is 1.63. The summed E-state index contributed by atoms with van der Waals surface area (Å²) in [5.74, 6) is -0.298. The molecule has 0 saturated heterocycles. The van der Waals surface area contributed by atoms with Gasteiger partial charge in [0.25, 0.3) is 5.91 Å². The monoisotopic (exact) mass is 132 g/mol. The van der Waals surface area contributed by atoms with Gasteiger partial charge in [-0.25, -0.2) is 0 Å². The van der Waals surface area contributed by atoms with E-state index in [4.69, 9.17) is 5.73 Å². The molecule has 0 radical (unpaired) electrons. The number of rotatable bonds is 1. The molecule has 0 aromatic rings.